The fraction of sp³-hybridized carbons (Fsp3) is 0.300. The van der Waals surface area contributed by atoms with Crippen molar-refractivity contribution in [3.63, 3.8) is 0 Å². The Kier molecular flexibility index (Phi) is 4.74. The van der Waals surface area contributed by atoms with Gasteiger partial charge in [0.15, 0.2) is 0 Å². The average molecular weight is 404 g/mol. The third-order valence-electron chi connectivity index (χ3n) is 5.23. The summed E-state index contributed by atoms with van der Waals surface area (Å²) in [6.45, 7) is 0.782. The third kappa shape index (κ3) is 3.26. The lowest BCUT2D eigenvalue weighted by atomic mass is 9.97. The van der Waals surface area contributed by atoms with Crippen molar-refractivity contribution in [1.29, 1.82) is 0 Å². The van der Waals surface area contributed by atoms with Crippen molar-refractivity contribution in [2.75, 3.05) is 23.8 Å². The first-order valence-electron chi connectivity index (χ1n) is 8.90. The Hall–Kier alpha value is -2.24. The number of anilines is 2. The van der Waals surface area contributed by atoms with Crippen LogP contribution in [-0.4, -0.2) is 36.5 Å². The number of rotatable bonds is 2. The third-order valence-corrected chi connectivity index (χ3v) is 5.78. The van der Waals surface area contributed by atoms with Gasteiger partial charge in [-0.1, -0.05) is 23.2 Å². The van der Waals surface area contributed by atoms with Gasteiger partial charge in [0.25, 0.3) is 11.8 Å². The van der Waals surface area contributed by atoms with Crippen LogP contribution in [0.2, 0.25) is 10.0 Å². The summed E-state index contributed by atoms with van der Waals surface area (Å²) in [7, 11) is 1.98. The van der Waals surface area contributed by atoms with Crippen LogP contribution in [0.5, 0.6) is 0 Å². The van der Waals surface area contributed by atoms with E-state index in [1.165, 1.54) is 0 Å². The number of hydrogen-bond acceptors (Lipinski definition) is 3. The molecule has 2 amide bonds. The number of nitrogens with one attached hydrogen (secondary N) is 1. The van der Waals surface area contributed by atoms with Crippen LogP contribution >= 0.6 is 23.2 Å². The van der Waals surface area contributed by atoms with Crippen LogP contribution in [0.15, 0.2) is 36.4 Å². The van der Waals surface area contributed by atoms with E-state index < -0.39 is 0 Å². The molecule has 1 N–H and O–H groups in total. The molecule has 0 radical (unpaired) electrons. The normalized spacial score (nSPS) is 18.8. The Balaban J connectivity index is 1.63. The molecule has 0 saturated carbocycles. The molecule has 2 aromatic carbocycles. The molecule has 1 fully saturated rings. The van der Waals surface area contributed by atoms with Gasteiger partial charge in [0.05, 0.1) is 22.0 Å². The number of benzene rings is 2. The zero-order valence-corrected chi connectivity index (χ0v) is 16.3. The van der Waals surface area contributed by atoms with E-state index in [0.29, 0.717) is 26.9 Å². The summed E-state index contributed by atoms with van der Waals surface area (Å²) >= 11 is 12.0. The van der Waals surface area contributed by atoms with E-state index in [1.54, 1.807) is 36.4 Å². The highest BCUT2D eigenvalue weighted by Gasteiger charge is 2.37. The number of hydrogen-bond donors (Lipinski definition) is 1. The van der Waals surface area contributed by atoms with Gasteiger partial charge in [-0.15, -0.1) is 0 Å². The fourth-order valence-electron chi connectivity index (χ4n) is 3.80. The molecular weight excluding hydrogens is 385 g/mol. The smallest absolute Gasteiger partial charge is 0.257 e. The van der Waals surface area contributed by atoms with Gasteiger partial charge in [-0.3, -0.25) is 9.59 Å². The second kappa shape index (κ2) is 7.06. The van der Waals surface area contributed by atoms with Gasteiger partial charge < -0.3 is 15.1 Å². The van der Waals surface area contributed by atoms with E-state index in [4.69, 9.17) is 23.2 Å². The van der Waals surface area contributed by atoms with Gasteiger partial charge in [0, 0.05) is 24.2 Å². The average Bonchev–Trinajstić information content (AvgIpc) is 2.68. The Labute approximate surface area is 167 Å². The summed E-state index contributed by atoms with van der Waals surface area (Å²) in [6.07, 6.45) is 3.14. The summed E-state index contributed by atoms with van der Waals surface area (Å²) in [4.78, 5) is 29.5. The van der Waals surface area contributed by atoms with Crippen molar-refractivity contribution in [3.05, 3.63) is 57.6 Å². The van der Waals surface area contributed by atoms with Crippen molar-refractivity contribution >= 4 is 46.4 Å². The van der Waals surface area contributed by atoms with E-state index in [0.717, 1.165) is 31.5 Å². The van der Waals surface area contributed by atoms with Gasteiger partial charge in [-0.2, -0.15) is 0 Å². The van der Waals surface area contributed by atoms with Crippen LogP contribution in [-0.2, 0) is 0 Å². The number of carbonyl (C=O) groups is 2. The Morgan fingerprint density at radius 3 is 2.74 bits per heavy atom. The molecule has 0 spiro atoms. The first kappa shape index (κ1) is 18.1. The van der Waals surface area contributed by atoms with Crippen molar-refractivity contribution in [2.45, 2.75) is 25.4 Å². The van der Waals surface area contributed by atoms with Crippen molar-refractivity contribution in [3.8, 4) is 0 Å². The second-order valence-electron chi connectivity index (χ2n) is 6.90. The standard InChI is InChI=1S/C20H19Cl2N3O2/c1-24-17-10-12(19(26)23-16-8-6-13(21)11-15(16)22)5-7-14(17)20(27)25-9-3-2-4-18(24)25/h5-8,10-11,18H,2-4,9H2,1H3,(H,23,26)/t18-/m1/s1. The topological polar surface area (TPSA) is 52.7 Å². The molecular formula is C20H19Cl2N3O2. The van der Waals surface area contributed by atoms with Crippen LogP contribution < -0.4 is 10.2 Å². The summed E-state index contributed by atoms with van der Waals surface area (Å²) in [5.41, 5.74) is 2.39. The first-order chi connectivity index (χ1) is 13.0. The van der Waals surface area contributed by atoms with Crippen molar-refractivity contribution < 1.29 is 9.59 Å². The second-order valence-corrected chi connectivity index (χ2v) is 7.74. The molecule has 0 aromatic heterocycles. The predicted molar refractivity (Wildman–Crippen MR) is 108 cm³/mol. The van der Waals surface area contributed by atoms with Gasteiger partial charge >= 0.3 is 0 Å². The maximum atomic E-state index is 12.8. The summed E-state index contributed by atoms with van der Waals surface area (Å²) < 4.78 is 0. The highest BCUT2D eigenvalue weighted by molar-refractivity contribution is 6.36. The largest absolute Gasteiger partial charge is 0.354 e. The lowest BCUT2D eigenvalue weighted by molar-refractivity contribution is 0.0589. The quantitative estimate of drug-likeness (QED) is 0.793. The molecule has 0 bridgehead atoms. The molecule has 2 aromatic rings. The van der Waals surface area contributed by atoms with E-state index in [-0.39, 0.29) is 18.0 Å². The van der Waals surface area contributed by atoms with Crippen LogP contribution in [0.4, 0.5) is 11.4 Å². The highest BCUT2D eigenvalue weighted by Crippen LogP contribution is 2.35. The van der Waals surface area contributed by atoms with E-state index in [9.17, 15) is 9.59 Å². The molecule has 2 aliphatic rings. The molecule has 1 saturated heterocycles. The molecule has 1 atom stereocenters. The summed E-state index contributed by atoms with van der Waals surface area (Å²) in [5.74, 6) is -0.241. The molecule has 5 nitrogen and oxygen atoms in total. The maximum absolute atomic E-state index is 12.8. The number of piperidine rings is 1. The molecule has 0 aliphatic carbocycles. The highest BCUT2D eigenvalue weighted by atomic mass is 35.5. The van der Waals surface area contributed by atoms with Gasteiger partial charge in [0.2, 0.25) is 0 Å². The van der Waals surface area contributed by atoms with Crippen LogP contribution in [0, 0.1) is 0 Å². The maximum Gasteiger partial charge on any atom is 0.257 e. The van der Waals surface area contributed by atoms with E-state index in [2.05, 4.69) is 10.2 Å². The van der Waals surface area contributed by atoms with Crippen molar-refractivity contribution in [1.82, 2.24) is 4.90 Å². The monoisotopic (exact) mass is 403 g/mol. The molecule has 4 rings (SSSR count). The molecule has 7 heteroatoms. The Morgan fingerprint density at radius 2 is 1.96 bits per heavy atom. The number of fused-ring (bicyclic) bond motifs is 2. The first-order valence-corrected chi connectivity index (χ1v) is 9.65. The number of nitrogens with zero attached hydrogens (tertiary/aromatic N) is 2. The molecule has 0 unspecified atom stereocenters. The SMILES string of the molecule is CN1c2cc(C(=O)Nc3ccc(Cl)cc3Cl)ccc2C(=O)N2CCCC[C@@H]21. The number of halogens is 2. The molecule has 2 heterocycles. The molecule has 2 aliphatic heterocycles. The molecule has 27 heavy (non-hydrogen) atoms. The van der Waals surface area contributed by atoms with E-state index >= 15 is 0 Å². The van der Waals surface area contributed by atoms with Crippen LogP contribution in [0.1, 0.15) is 40.0 Å². The molecule has 140 valence electrons. The van der Waals surface area contributed by atoms with Gasteiger partial charge in [-0.25, -0.2) is 0 Å². The number of carbonyl (C=O) groups excluding carboxylic acids is 2. The Bertz CT molecular complexity index is 931. The minimum absolute atomic E-state index is 0.0421. The lowest BCUT2D eigenvalue weighted by Gasteiger charge is -2.46. The van der Waals surface area contributed by atoms with Gasteiger partial charge in [0.1, 0.15) is 6.17 Å². The van der Waals surface area contributed by atoms with Crippen LogP contribution in [0.3, 0.4) is 0 Å². The predicted octanol–water partition coefficient (Wildman–Crippen LogP) is 4.65. The minimum Gasteiger partial charge on any atom is -0.354 e. The van der Waals surface area contributed by atoms with Gasteiger partial charge in [-0.05, 0) is 55.7 Å². The van der Waals surface area contributed by atoms with Crippen LogP contribution in [0.25, 0.3) is 0 Å². The summed E-state index contributed by atoms with van der Waals surface area (Å²) in [6, 6.07) is 10.1. The lowest BCUT2D eigenvalue weighted by Crippen LogP contribution is -2.55. The fourth-order valence-corrected chi connectivity index (χ4v) is 4.26. The van der Waals surface area contributed by atoms with Crippen molar-refractivity contribution in [2.24, 2.45) is 0 Å². The Morgan fingerprint density at radius 1 is 1.15 bits per heavy atom. The minimum atomic E-state index is -0.283. The van der Waals surface area contributed by atoms with E-state index in [1.807, 2.05) is 11.9 Å². The summed E-state index contributed by atoms with van der Waals surface area (Å²) in [5, 5.41) is 3.68. The zero-order valence-electron chi connectivity index (χ0n) is 14.8. The number of amides is 2. The zero-order chi connectivity index (χ0) is 19.1.